The number of carbonyl (C=O) groups is 1. The number of benzene rings is 1. The van der Waals surface area contributed by atoms with Crippen LogP contribution in [-0.4, -0.2) is 26.1 Å². The molecule has 0 radical (unpaired) electrons. The van der Waals surface area contributed by atoms with Gasteiger partial charge in [-0.05, 0) is 33.6 Å². The molecule has 0 saturated carbocycles. The van der Waals surface area contributed by atoms with E-state index in [0.29, 0.717) is 5.56 Å². The van der Waals surface area contributed by atoms with Crippen LogP contribution in [0.2, 0.25) is 0 Å². The maximum absolute atomic E-state index is 13.0. The van der Waals surface area contributed by atoms with Gasteiger partial charge in [-0.25, -0.2) is 13.9 Å². The summed E-state index contributed by atoms with van der Waals surface area (Å²) in [6, 6.07) is 5.88. The Bertz CT molecular complexity index is 570. The smallest absolute Gasteiger partial charge is 0.357 e. The zero-order chi connectivity index (χ0) is 12.4. The predicted molar refractivity (Wildman–Crippen MR) is 60.2 cm³/mol. The largest absolute Gasteiger partial charge is 0.476 e. The van der Waals surface area contributed by atoms with Crippen LogP contribution in [0.3, 0.4) is 0 Å². The molecule has 0 aliphatic rings. The van der Waals surface area contributed by atoms with Crippen LogP contribution < -0.4 is 0 Å². The Hall–Kier alpha value is -1.76. The molecule has 0 saturated heterocycles. The average molecular weight is 300 g/mol. The topological polar surface area (TPSA) is 68.0 Å². The molecule has 0 aliphatic heterocycles. The maximum Gasteiger partial charge on any atom is 0.357 e. The highest BCUT2D eigenvalue weighted by Crippen LogP contribution is 2.14. The normalized spacial score (nSPS) is 10.5. The van der Waals surface area contributed by atoms with Crippen LogP contribution in [0.25, 0.3) is 0 Å². The van der Waals surface area contributed by atoms with Gasteiger partial charge in [0, 0.05) is 0 Å². The third-order valence-corrected chi connectivity index (χ3v) is 2.65. The first-order valence-corrected chi connectivity index (χ1v) is 5.44. The van der Waals surface area contributed by atoms with E-state index in [0.717, 1.165) is 0 Å². The lowest BCUT2D eigenvalue weighted by molar-refractivity contribution is 0.0683. The van der Waals surface area contributed by atoms with Gasteiger partial charge in [0.15, 0.2) is 10.3 Å². The van der Waals surface area contributed by atoms with E-state index >= 15 is 0 Å². The molecule has 7 heteroatoms. The van der Waals surface area contributed by atoms with Gasteiger partial charge < -0.3 is 5.11 Å². The Morgan fingerprint density at radius 1 is 1.53 bits per heavy atom. The zero-order valence-electron chi connectivity index (χ0n) is 8.47. The molecule has 0 amide bonds. The van der Waals surface area contributed by atoms with Crippen molar-refractivity contribution in [3.63, 3.8) is 0 Å². The van der Waals surface area contributed by atoms with Crippen molar-refractivity contribution in [2.75, 3.05) is 0 Å². The van der Waals surface area contributed by atoms with Crippen molar-refractivity contribution < 1.29 is 14.3 Å². The van der Waals surface area contributed by atoms with E-state index in [1.165, 1.54) is 16.8 Å². The van der Waals surface area contributed by atoms with Gasteiger partial charge in [-0.1, -0.05) is 17.3 Å². The molecule has 1 heterocycles. The second kappa shape index (κ2) is 4.62. The lowest BCUT2D eigenvalue weighted by Gasteiger charge is -2.03. The number of rotatable bonds is 3. The van der Waals surface area contributed by atoms with Gasteiger partial charge in [-0.15, -0.1) is 5.10 Å². The minimum Gasteiger partial charge on any atom is -0.476 e. The van der Waals surface area contributed by atoms with Gasteiger partial charge in [0.05, 0.1) is 6.54 Å². The summed E-state index contributed by atoms with van der Waals surface area (Å²) in [5.41, 5.74) is 0.555. The summed E-state index contributed by atoms with van der Waals surface area (Å²) in [4.78, 5) is 11.0. The first kappa shape index (κ1) is 11.7. The molecule has 5 nitrogen and oxygen atoms in total. The Balaban J connectivity index is 2.33. The first-order valence-electron chi connectivity index (χ1n) is 4.64. The van der Waals surface area contributed by atoms with Gasteiger partial charge in [0.25, 0.3) is 0 Å². The molecule has 17 heavy (non-hydrogen) atoms. The molecule has 0 bridgehead atoms. The van der Waals surface area contributed by atoms with E-state index < -0.39 is 5.97 Å². The Labute approximate surface area is 104 Å². The van der Waals surface area contributed by atoms with Crippen LogP contribution in [0, 0.1) is 5.82 Å². The Kier molecular flexibility index (Phi) is 3.19. The number of aromatic carboxylic acids is 1. The third-order valence-electron chi connectivity index (χ3n) is 2.12. The fraction of sp³-hybridized carbons (Fsp3) is 0.100. The van der Waals surface area contributed by atoms with Crippen molar-refractivity contribution in [2.24, 2.45) is 0 Å². The number of nitrogens with zero attached hydrogens (tertiary/aromatic N) is 3. The van der Waals surface area contributed by atoms with Crippen LogP contribution in [0.15, 0.2) is 28.9 Å². The quantitative estimate of drug-likeness (QED) is 0.940. The van der Waals surface area contributed by atoms with Crippen molar-refractivity contribution in [3.8, 4) is 0 Å². The predicted octanol–water partition coefficient (Wildman–Crippen LogP) is 1.93. The molecule has 2 aromatic rings. The van der Waals surface area contributed by atoms with Gasteiger partial charge >= 0.3 is 5.97 Å². The third kappa shape index (κ3) is 2.50. The fourth-order valence-electron chi connectivity index (χ4n) is 1.41. The highest BCUT2D eigenvalue weighted by molar-refractivity contribution is 9.10. The van der Waals surface area contributed by atoms with E-state index in [4.69, 9.17) is 5.11 Å². The second-order valence-electron chi connectivity index (χ2n) is 3.32. The summed E-state index contributed by atoms with van der Waals surface area (Å²) in [5, 5.41) is 16.3. The molecule has 0 fully saturated rings. The van der Waals surface area contributed by atoms with Gasteiger partial charge in [-0.3, -0.25) is 0 Å². The monoisotopic (exact) mass is 299 g/mol. The van der Waals surface area contributed by atoms with Crippen LogP contribution >= 0.6 is 15.9 Å². The van der Waals surface area contributed by atoms with Crippen molar-refractivity contribution in [1.29, 1.82) is 0 Å². The Morgan fingerprint density at radius 2 is 2.29 bits per heavy atom. The maximum atomic E-state index is 13.0. The van der Waals surface area contributed by atoms with Crippen molar-refractivity contribution in [2.45, 2.75) is 6.54 Å². The van der Waals surface area contributed by atoms with Gasteiger partial charge in [0.1, 0.15) is 5.82 Å². The van der Waals surface area contributed by atoms with Crippen LogP contribution in [0.5, 0.6) is 0 Å². The van der Waals surface area contributed by atoms with E-state index in [9.17, 15) is 9.18 Å². The summed E-state index contributed by atoms with van der Waals surface area (Å²) < 4.78 is 14.3. The number of hydrogen-bond acceptors (Lipinski definition) is 3. The second-order valence-corrected chi connectivity index (χ2v) is 4.07. The fourth-order valence-corrected chi connectivity index (χ4v) is 1.85. The summed E-state index contributed by atoms with van der Waals surface area (Å²) in [6.45, 7) is 0.151. The molecule has 0 unspecified atom stereocenters. The minimum atomic E-state index is -1.14. The number of halogens is 2. The number of carboxylic acid groups (broad SMARTS) is 1. The molecular formula is C10H7BrFN3O2. The van der Waals surface area contributed by atoms with E-state index in [1.54, 1.807) is 12.1 Å². The molecule has 2 rings (SSSR count). The highest BCUT2D eigenvalue weighted by atomic mass is 79.9. The number of hydrogen-bond donors (Lipinski definition) is 1. The van der Waals surface area contributed by atoms with Gasteiger partial charge in [-0.2, -0.15) is 0 Å². The van der Waals surface area contributed by atoms with Crippen LogP contribution in [0.4, 0.5) is 4.39 Å². The van der Waals surface area contributed by atoms with Gasteiger partial charge in [0.2, 0.25) is 0 Å². The van der Waals surface area contributed by atoms with Crippen LogP contribution in [-0.2, 0) is 6.54 Å². The SMILES string of the molecule is O=C(O)c1c(Br)nnn1Cc1cccc(F)c1. The Morgan fingerprint density at radius 3 is 2.94 bits per heavy atom. The number of carboxylic acids is 1. The molecule has 1 aromatic heterocycles. The molecule has 0 aliphatic carbocycles. The first-order chi connectivity index (χ1) is 8.08. The summed E-state index contributed by atoms with van der Waals surface area (Å²) in [7, 11) is 0. The standard InChI is InChI=1S/C10H7BrFN3O2/c11-9-8(10(16)17)15(14-13-9)5-6-2-1-3-7(12)4-6/h1-4H,5H2,(H,16,17). The van der Waals surface area contributed by atoms with E-state index in [-0.39, 0.29) is 22.7 Å². The zero-order valence-corrected chi connectivity index (χ0v) is 10.1. The van der Waals surface area contributed by atoms with Crippen molar-refractivity contribution >= 4 is 21.9 Å². The lowest BCUT2D eigenvalue weighted by atomic mass is 10.2. The van der Waals surface area contributed by atoms with E-state index in [1.807, 2.05) is 0 Å². The molecule has 0 atom stereocenters. The minimum absolute atomic E-state index is 0.0609. The average Bonchev–Trinajstić information content (AvgIpc) is 2.59. The molecule has 0 spiro atoms. The van der Waals surface area contributed by atoms with E-state index in [2.05, 4.69) is 26.2 Å². The summed E-state index contributed by atoms with van der Waals surface area (Å²) in [6.07, 6.45) is 0. The molecule has 1 N–H and O–H groups in total. The van der Waals surface area contributed by atoms with Crippen molar-refractivity contribution in [3.05, 3.63) is 45.9 Å². The molecule has 88 valence electrons. The van der Waals surface area contributed by atoms with Crippen LogP contribution in [0.1, 0.15) is 16.1 Å². The lowest BCUT2D eigenvalue weighted by Crippen LogP contribution is -2.11. The summed E-state index contributed by atoms with van der Waals surface area (Å²) in [5.74, 6) is -1.52. The highest BCUT2D eigenvalue weighted by Gasteiger charge is 2.17. The number of aromatic nitrogens is 3. The molecular weight excluding hydrogens is 293 g/mol. The van der Waals surface area contributed by atoms with Crippen molar-refractivity contribution in [1.82, 2.24) is 15.0 Å². The summed E-state index contributed by atoms with van der Waals surface area (Å²) >= 11 is 3.00. The molecule has 1 aromatic carbocycles.